The third kappa shape index (κ3) is 1.81. The van der Waals surface area contributed by atoms with Gasteiger partial charge >= 0.3 is 0 Å². The topological polar surface area (TPSA) is 89.8 Å². The third-order valence-corrected chi connectivity index (χ3v) is 4.49. The number of nitrogens with zero attached hydrogens (tertiary/aromatic N) is 4. The number of aromatic nitrogens is 4. The van der Waals surface area contributed by atoms with E-state index in [0.717, 1.165) is 3.97 Å². The van der Waals surface area contributed by atoms with E-state index in [-0.39, 0.29) is 10.5 Å². The van der Waals surface area contributed by atoms with E-state index in [0.29, 0.717) is 11.3 Å². The van der Waals surface area contributed by atoms with Crippen LogP contribution in [0.15, 0.2) is 47.9 Å². The standard InChI is InChI=1S/C12H11N5O2S/c1-13-11-10-12(15-7-14-11)17(8-16-10)20(18,19)9-5-3-2-4-6-9/h2-8H,1H3,(H,13,14,15). The number of rotatable bonds is 3. The summed E-state index contributed by atoms with van der Waals surface area (Å²) in [5, 5.41) is 2.85. The molecule has 0 saturated heterocycles. The second-order valence-electron chi connectivity index (χ2n) is 4.00. The number of hydrogen-bond acceptors (Lipinski definition) is 6. The Labute approximate surface area is 115 Å². The first kappa shape index (κ1) is 12.5. The van der Waals surface area contributed by atoms with Gasteiger partial charge in [0.05, 0.1) is 4.90 Å². The van der Waals surface area contributed by atoms with Crippen LogP contribution in [0.1, 0.15) is 0 Å². The van der Waals surface area contributed by atoms with Crippen molar-refractivity contribution in [3.05, 3.63) is 43.0 Å². The zero-order valence-corrected chi connectivity index (χ0v) is 11.4. The molecule has 3 aromatic rings. The molecule has 0 radical (unpaired) electrons. The Bertz CT molecular complexity index is 858. The van der Waals surface area contributed by atoms with Gasteiger partial charge in [-0.15, -0.1) is 0 Å². The molecule has 0 saturated carbocycles. The van der Waals surface area contributed by atoms with Crippen LogP contribution in [0.2, 0.25) is 0 Å². The van der Waals surface area contributed by atoms with Crippen molar-refractivity contribution in [3.8, 4) is 0 Å². The molecule has 0 unspecified atom stereocenters. The summed E-state index contributed by atoms with van der Waals surface area (Å²) in [5.41, 5.74) is 0.655. The molecule has 0 spiro atoms. The molecular weight excluding hydrogens is 278 g/mol. The molecule has 0 aliphatic carbocycles. The maximum atomic E-state index is 12.6. The Hall–Kier alpha value is -2.48. The molecule has 102 valence electrons. The fraction of sp³-hybridized carbons (Fsp3) is 0.0833. The van der Waals surface area contributed by atoms with Gasteiger partial charge in [0.1, 0.15) is 12.7 Å². The molecule has 0 amide bonds. The second-order valence-corrected chi connectivity index (χ2v) is 5.82. The van der Waals surface area contributed by atoms with Crippen LogP contribution in [0, 0.1) is 0 Å². The van der Waals surface area contributed by atoms with Gasteiger partial charge in [-0.1, -0.05) is 18.2 Å². The van der Waals surface area contributed by atoms with E-state index >= 15 is 0 Å². The highest BCUT2D eigenvalue weighted by Gasteiger charge is 2.21. The molecular formula is C12H11N5O2S. The summed E-state index contributed by atoms with van der Waals surface area (Å²) in [5.74, 6) is 0.483. The van der Waals surface area contributed by atoms with Gasteiger partial charge in [-0.2, -0.15) is 0 Å². The van der Waals surface area contributed by atoms with Gasteiger partial charge in [-0.05, 0) is 12.1 Å². The van der Waals surface area contributed by atoms with Gasteiger partial charge in [-0.25, -0.2) is 27.3 Å². The van der Waals surface area contributed by atoms with Crippen molar-refractivity contribution in [1.29, 1.82) is 0 Å². The van der Waals surface area contributed by atoms with E-state index in [2.05, 4.69) is 20.3 Å². The first-order chi connectivity index (χ1) is 9.64. The number of nitrogens with one attached hydrogen (secondary N) is 1. The minimum Gasteiger partial charge on any atom is -0.371 e. The maximum absolute atomic E-state index is 12.6. The fourth-order valence-electron chi connectivity index (χ4n) is 1.88. The van der Waals surface area contributed by atoms with Crippen molar-refractivity contribution < 1.29 is 8.42 Å². The molecule has 20 heavy (non-hydrogen) atoms. The summed E-state index contributed by atoms with van der Waals surface area (Å²) < 4.78 is 26.2. The zero-order valence-electron chi connectivity index (χ0n) is 10.6. The Morgan fingerprint density at radius 2 is 1.85 bits per heavy atom. The molecule has 0 bridgehead atoms. The third-order valence-electron chi connectivity index (χ3n) is 2.84. The predicted molar refractivity (Wildman–Crippen MR) is 73.9 cm³/mol. The molecule has 3 rings (SSSR count). The van der Waals surface area contributed by atoms with Gasteiger partial charge < -0.3 is 5.32 Å². The van der Waals surface area contributed by atoms with Crippen molar-refractivity contribution in [1.82, 2.24) is 18.9 Å². The molecule has 2 heterocycles. The maximum Gasteiger partial charge on any atom is 0.270 e. The van der Waals surface area contributed by atoms with Gasteiger partial charge in [-0.3, -0.25) is 0 Å². The van der Waals surface area contributed by atoms with Crippen molar-refractivity contribution in [2.45, 2.75) is 4.90 Å². The average molecular weight is 289 g/mol. The highest BCUT2D eigenvalue weighted by atomic mass is 32.2. The van der Waals surface area contributed by atoms with Crippen molar-refractivity contribution in [2.24, 2.45) is 0 Å². The summed E-state index contributed by atoms with van der Waals surface area (Å²) in [6.07, 6.45) is 2.54. The van der Waals surface area contributed by atoms with Gasteiger partial charge in [0, 0.05) is 7.05 Å². The van der Waals surface area contributed by atoms with E-state index < -0.39 is 10.0 Å². The van der Waals surface area contributed by atoms with Gasteiger partial charge in [0.25, 0.3) is 10.0 Å². The Morgan fingerprint density at radius 1 is 1.10 bits per heavy atom. The molecule has 0 atom stereocenters. The predicted octanol–water partition coefficient (Wildman–Crippen LogP) is 1.11. The van der Waals surface area contributed by atoms with E-state index in [1.165, 1.54) is 24.8 Å². The Morgan fingerprint density at radius 3 is 2.55 bits per heavy atom. The zero-order chi connectivity index (χ0) is 14.2. The van der Waals surface area contributed by atoms with Gasteiger partial charge in [0.15, 0.2) is 17.0 Å². The lowest BCUT2D eigenvalue weighted by Crippen LogP contribution is -2.12. The first-order valence-electron chi connectivity index (χ1n) is 5.81. The molecule has 0 aliphatic heterocycles. The molecule has 0 aliphatic rings. The van der Waals surface area contributed by atoms with Crippen LogP contribution in [0.5, 0.6) is 0 Å². The normalized spacial score (nSPS) is 11.7. The monoisotopic (exact) mass is 289 g/mol. The lowest BCUT2D eigenvalue weighted by Gasteiger charge is -2.05. The van der Waals surface area contributed by atoms with Crippen LogP contribution in [-0.4, -0.2) is 34.4 Å². The molecule has 1 aromatic carbocycles. The fourth-order valence-corrected chi connectivity index (χ4v) is 3.14. The van der Waals surface area contributed by atoms with E-state index in [1.807, 2.05) is 0 Å². The van der Waals surface area contributed by atoms with Crippen molar-refractivity contribution >= 4 is 27.0 Å². The largest absolute Gasteiger partial charge is 0.371 e. The Kier molecular flexibility index (Phi) is 2.87. The van der Waals surface area contributed by atoms with Crippen LogP contribution in [-0.2, 0) is 10.0 Å². The molecule has 2 aromatic heterocycles. The summed E-state index contributed by atoms with van der Waals surface area (Å²) >= 11 is 0. The molecule has 1 N–H and O–H groups in total. The van der Waals surface area contributed by atoms with E-state index in [4.69, 9.17) is 0 Å². The minimum atomic E-state index is -3.71. The number of imidazole rings is 1. The highest BCUT2D eigenvalue weighted by molar-refractivity contribution is 7.90. The summed E-state index contributed by atoms with van der Waals surface area (Å²) in [7, 11) is -2.02. The molecule has 8 heteroatoms. The van der Waals surface area contributed by atoms with Crippen LogP contribution < -0.4 is 5.32 Å². The van der Waals surface area contributed by atoms with Crippen molar-refractivity contribution in [2.75, 3.05) is 12.4 Å². The smallest absolute Gasteiger partial charge is 0.270 e. The van der Waals surface area contributed by atoms with Crippen LogP contribution in [0.25, 0.3) is 11.2 Å². The number of fused-ring (bicyclic) bond motifs is 1. The van der Waals surface area contributed by atoms with E-state index in [9.17, 15) is 8.42 Å². The van der Waals surface area contributed by atoms with Crippen LogP contribution in [0.3, 0.4) is 0 Å². The highest BCUT2D eigenvalue weighted by Crippen LogP contribution is 2.21. The first-order valence-corrected chi connectivity index (χ1v) is 7.25. The van der Waals surface area contributed by atoms with E-state index in [1.54, 1.807) is 25.2 Å². The van der Waals surface area contributed by atoms with Crippen LogP contribution >= 0.6 is 0 Å². The number of benzene rings is 1. The lowest BCUT2D eigenvalue weighted by atomic mass is 10.4. The summed E-state index contributed by atoms with van der Waals surface area (Å²) in [6, 6.07) is 8.15. The quantitative estimate of drug-likeness (QED) is 0.776. The summed E-state index contributed by atoms with van der Waals surface area (Å²) in [4.78, 5) is 12.3. The second kappa shape index (κ2) is 4.57. The number of hydrogen-bond donors (Lipinski definition) is 1. The molecule has 7 nitrogen and oxygen atoms in total. The van der Waals surface area contributed by atoms with Gasteiger partial charge in [0.2, 0.25) is 0 Å². The minimum absolute atomic E-state index is 0.184. The van der Waals surface area contributed by atoms with Crippen LogP contribution in [0.4, 0.5) is 5.82 Å². The number of anilines is 1. The lowest BCUT2D eigenvalue weighted by molar-refractivity contribution is 0.588. The SMILES string of the molecule is CNc1ncnc2c1ncn2S(=O)(=O)c1ccccc1. The summed E-state index contributed by atoms with van der Waals surface area (Å²) in [6.45, 7) is 0. The average Bonchev–Trinajstić information content (AvgIpc) is 2.92. The Balaban J connectivity index is 2.26. The van der Waals surface area contributed by atoms with Crippen molar-refractivity contribution in [3.63, 3.8) is 0 Å². The molecule has 0 fully saturated rings.